The van der Waals surface area contributed by atoms with Gasteiger partial charge in [-0.15, -0.1) is 0 Å². The topological polar surface area (TPSA) is 34.2 Å². The fourth-order valence-corrected chi connectivity index (χ4v) is 2.22. The molecule has 0 spiro atoms. The van der Waals surface area contributed by atoms with Gasteiger partial charge in [-0.05, 0) is 62.6 Å². The number of ether oxygens (including phenoxy) is 1. The van der Waals surface area contributed by atoms with Crippen LogP contribution in [0.2, 0.25) is 0 Å². The highest BCUT2D eigenvalue weighted by molar-refractivity contribution is 5.40. The lowest BCUT2D eigenvalue weighted by molar-refractivity contribution is 0.456. The molecule has 0 atom stereocenters. The maximum absolute atomic E-state index is 5.98. The zero-order valence-corrected chi connectivity index (χ0v) is 13.4. The van der Waals surface area contributed by atoms with Crippen LogP contribution in [0, 0.1) is 20.8 Å². The summed E-state index contributed by atoms with van der Waals surface area (Å²) in [5, 5.41) is 3.41. The maximum Gasteiger partial charge on any atom is 0.219 e. The molecular weight excluding hydrogens is 260 g/mol. The van der Waals surface area contributed by atoms with Crippen LogP contribution < -0.4 is 10.1 Å². The van der Waals surface area contributed by atoms with E-state index < -0.39 is 0 Å². The summed E-state index contributed by atoms with van der Waals surface area (Å²) < 4.78 is 5.98. The van der Waals surface area contributed by atoms with Gasteiger partial charge in [-0.3, -0.25) is 0 Å². The second-order valence-electron chi connectivity index (χ2n) is 5.43. The van der Waals surface area contributed by atoms with Crippen LogP contribution in [0.1, 0.15) is 35.7 Å². The van der Waals surface area contributed by atoms with Crippen molar-refractivity contribution in [2.75, 3.05) is 6.54 Å². The number of nitrogens with one attached hydrogen (secondary N) is 1. The van der Waals surface area contributed by atoms with Crippen LogP contribution in [0.4, 0.5) is 0 Å². The Kier molecular flexibility index (Phi) is 5.34. The van der Waals surface area contributed by atoms with Gasteiger partial charge in [-0.1, -0.05) is 19.1 Å². The SMILES string of the molecule is CCCNCc1cc(C)nc(Oc2cccc(C)c2C)c1. The normalized spacial score (nSPS) is 10.7. The van der Waals surface area contributed by atoms with Crippen LogP contribution in [0.3, 0.4) is 0 Å². The van der Waals surface area contributed by atoms with E-state index in [1.54, 1.807) is 0 Å². The largest absolute Gasteiger partial charge is 0.439 e. The molecule has 0 saturated heterocycles. The minimum Gasteiger partial charge on any atom is -0.439 e. The van der Waals surface area contributed by atoms with Crippen LogP contribution in [0.15, 0.2) is 30.3 Å². The third-order valence-electron chi connectivity index (χ3n) is 3.52. The Morgan fingerprint density at radius 3 is 2.71 bits per heavy atom. The molecule has 112 valence electrons. The number of aromatic nitrogens is 1. The molecule has 0 bridgehead atoms. The Morgan fingerprint density at radius 1 is 1.14 bits per heavy atom. The van der Waals surface area contributed by atoms with Gasteiger partial charge >= 0.3 is 0 Å². The lowest BCUT2D eigenvalue weighted by Crippen LogP contribution is -2.14. The van der Waals surface area contributed by atoms with E-state index in [1.165, 1.54) is 11.1 Å². The quantitative estimate of drug-likeness (QED) is 0.803. The highest BCUT2D eigenvalue weighted by Gasteiger charge is 2.06. The Balaban J connectivity index is 2.17. The first kappa shape index (κ1) is 15.5. The average molecular weight is 284 g/mol. The predicted molar refractivity (Wildman–Crippen MR) is 87.0 cm³/mol. The molecule has 0 amide bonds. The smallest absolute Gasteiger partial charge is 0.219 e. The average Bonchev–Trinajstić information content (AvgIpc) is 2.44. The van der Waals surface area contributed by atoms with Gasteiger partial charge < -0.3 is 10.1 Å². The van der Waals surface area contributed by atoms with Crippen molar-refractivity contribution < 1.29 is 4.74 Å². The lowest BCUT2D eigenvalue weighted by atomic mass is 10.1. The molecule has 3 nitrogen and oxygen atoms in total. The van der Waals surface area contributed by atoms with Gasteiger partial charge in [0.1, 0.15) is 5.75 Å². The predicted octanol–water partition coefficient (Wildman–Crippen LogP) is 4.30. The molecule has 0 unspecified atom stereocenters. The molecule has 1 aromatic carbocycles. The van der Waals surface area contributed by atoms with Gasteiger partial charge in [0, 0.05) is 18.3 Å². The van der Waals surface area contributed by atoms with E-state index in [1.807, 2.05) is 25.1 Å². The van der Waals surface area contributed by atoms with E-state index >= 15 is 0 Å². The van der Waals surface area contributed by atoms with Crippen LogP contribution in [0.25, 0.3) is 0 Å². The van der Waals surface area contributed by atoms with Gasteiger partial charge in [0.25, 0.3) is 0 Å². The number of rotatable bonds is 6. The van der Waals surface area contributed by atoms with Crippen LogP contribution in [-0.2, 0) is 6.54 Å². The molecule has 1 N–H and O–H groups in total. The van der Waals surface area contributed by atoms with Crippen LogP contribution in [0.5, 0.6) is 11.6 Å². The Bertz CT molecular complexity index is 608. The van der Waals surface area contributed by atoms with E-state index in [-0.39, 0.29) is 0 Å². The summed E-state index contributed by atoms with van der Waals surface area (Å²) in [4.78, 5) is 4.48. The molecular formula is C18H24N2O. The van der Waals surface area contributed by atoms with Gasteiger partial charge in [-0.2, -0.15) is 0 Å². The number of hydrogen-bond acceptors (Lipinski definition) is 3. The van der Waals surface area contributed by atoms with Crippen molar-refractivity contribution in [1.82, 2.24) is 10.3 Å². The van der Waals surface area contributed by atoms with Gasteiger partial charge in [0.2, 0.25) is 5.88 Å². The van der Waals surface area contributed by atoms with E-state index in [2.05, 4.69) is 43.2 Å². The molecule has 0 aliphatic rings. The maximum atomic E-state index is 5.98. The number of aryl methyl sites for hydroxylation is 2. The van der Waals surface area contributed by atoms with E-state index in [0.717, 1.165) is 36.5 Å². The van der Waals surface area contributed by atoms with Crippen molar-refractivity contribution in [3.8, 4) is 11.6 Å². The molecule has 2 aromatic rings. The third kappa shape index (κ3) is 4.30. The zero-order chi connectivity index (χ0) is 15.2. The van der Waals surface area contributed by atoms with Gasteiger partial charge in [0.05, 0.1) is 0 Å². The second kappa shape index (κ2) is 7.23. The first-order valence-corrected chi connectivity index (χ1v) is 7.52. The summed E-state index contributed by atoms with van der Waals surface area (Å²) in [5.74, 6) is 1.54. The summed E-state index contributed by atoms with van der Waals surface area (Å²) in [6, 6.07) is 10.2. The standard InChI is InChI=1S/C18H24N2O/c1-5-9-19-12-16-10-14(3)20-18(11-16)21-17-8-6-7-13(2)15(17)4/h6-8,10-11,19H,5,9,12H2,1-4H3. The fourth-order valence-electron chi connectivity index (χ4n) is 2.22. The Labute approximate surface area is 127 Å². The molecule has 1 aromatic heterocycles. The molecule has 3 heteroatoms. The Morgan fingerprint density at radius 2 is 1.95 bits per heavy atom. The molecule has 0 fully saturated rings. The van der Waals surface area contributed by atoms with Gasteiger partial charge in [0.15, 0.2) is 0 Å². The van der Waals surface area contributed by atoms with Crippen molar-refractivity contribution in [2.24, 2.45) is 0 Å². The molecule has 2 rings (SSSR count). The van der Waals surface area contributed by atoms with Crippen molar-refractivity contribution in [3.63, 3.8) is 0 Å². The third-order valence-corrected chi connectivity index (χ3v) is 3.52. The summed E-state index contributed by atoms with van der Waals surface area (Å²) >= 11 is 0. The van der Waals surface area contributed by atoms with E-state index in [0.29, 0.717) is 5.88 Å². The second-order valence-corrected chi connectivity index (χ2v) is 5.43. The van der Waals surface area contributed by atoms with Crippen molar-refractivity contribution in [1.29, 1.82) is 0 Å². The highest BCUT2D eigenvalue weighted by Crippen LogP contribution is 2.26. The Hall–Kier alpha value is -1.87. The minimum absolute atomic E-state index is 0.664. The summed E-state index contributed by atoms with van der Waals surface area (Å²) in [5.41, 5.74) is 4.57. The van der Waals surface area contributed by atoms with Crippen LogP contribution in [-0.4, -0.2) is 11.5 Å². The van der Waals surface area contributed by atoms with Crippen molar-refractivity contribution in [2.45, 2.75) is 40.7 Å². The molecule has 1 heterocycles. The van der Waals surface area contributed by atoms with Crippen molar-refractivity contribution >= 4 is 0 Å². The number of benzene rings is 1. The molecule has 0 aliphatic carbocycles. The summed E-state index contributed by atoms with van der Waals surface area (Å²) in [6.45, 7) is 10.2. The number of nitrogens with zero attached hydrogens (tertiary/aromatic N) is 1. The highest BCUT2D eigenvalue weighted by atomic mass is 16.5. The van der Waals surface area contributed by atoms with Gasteiger partial charge in [-0.25, -0.2) is 4.98 Å². The number of hydrogen-bond donors (Lipinski definition) is 1. The monoisotopic (exact) mass is 284 g/mol. The zero-order valence-electron chi connectivity index (χ0n) is 13.4. The fraction of sp³-hybridized carbons (Fsp3) is 0.389. The minimum atomic E-state index is 0.664. The van der Waals surface area contributed by atoms with E-state index in [9.17, 15) is 0 Å². The van der Waals surface area contributed by atoms with E-state index in [4.69, 9.17) is 4.74 Å². The molecule has 21 heavy (non-hydrogen) atoms. The molecule has 0 radical (unpaired) electrons. The first-order chi connectivity index (χ1) is 10.1. The molecule has 0 aliphatic heterocycles. The summed E-state index contributed by atoms with van der Waals surface area (Å²) in [6.07, 6.45) is 1.13. The number of pyridine rings is 1. The first-order valence-electron chi connectivity index (χ1n) is 7.52. The molecule has 0 saturated carbocycles. The van der Waals surface area contributed by atoms with Crippen LogP contribution >= 0.6 is 0 Å². The van der Waals surface area contributed by atoms with Crippen molar-refractivity contribution in [3.05, 3.63) is 52.7 Å². The summed E-state index contributed by atoms with van der Waals surface area (Å²) in [7, 11) is 0. The lowest BCUT2D eigenvalue weighted by Gasteiger charge is -2.12.